The Balaban J connectivity index is 2.43. The van der Waals surface area contributed by atoms with E-state index in [4.69, 9.17) is 5.73 Å². The third-order valence-corrected chi connectivity index (χ3v) is 4.18. The van der Waals surface area contributed by atoms with Crippen LogP contribution in [0.4, 0.5) is 0 Å². The monoisotopic (exact) mass is 240 g/mol. The Kier molecular flexibility index (Phi) is 4.99. The second-order valence-corrected chi connectivity index (χ2v) is 6.12. The maximum absolute atomic E-state index is 12.2. The largest absolute Gasteiger partial charge is 0.353 e. The zero-order chi connectivity index (χ0) is 13.1. The molecule has 0 bridgehead atoms. The van der Waals surface area contributed by atoms with Gasteiger partial charge in [0.1, 0.15) is 0 Å². The molecule has 1 saturated carbocycles. The maximum atomic E-state index is 12.2. The van der Waals surface area contributed by atoms with Gasteiger partial charge >= 0.3 is 0 Å². The topological polar surface area (TPSA) is 55.1 Å². The van der Waals surface area contributed by atoms with Crippen molar-refractivity contribution in [3.63, 3.8) is 0 Å². The van der Waals surface area contributed by atoms with E-state index in [2.05, 4.69) is 33.0 Å². The summed E-state index contributed by atoms with van der Waals surface area (Å²) in [6, 6.07) is 0.261. The Labute approximate surface area is 106 Å². The molecule has 0 radical (unpaired) electrons. The zero-order valence-corrected chi connectivity index (χ0v) is 11.8. The van der Waals surface area contributed by atoms with Crippen molar-refractivity contribution in [2.24, 2.45) is 23.0 Å². The third-order valence-electron chi connectivity index (χ3n) is 4.18. The Morgan fingerprint density at radius 2 is 2.06 bits per heavy atom. The summed E-state index contributed by atoms with van der Waals surface area (Å²) in [5.74, 6) is 1.49. The first-order valence-corrected chi connectivity index (χ1v) is 6.94. The van der Waals surface area contributed by atoms with E-state index in [1.807, 2.05) is 0 Å². The molecule has 0 aliphatic heterocycles. The van der Waals surface area contributed by atoms with Crippen LogP contribution in [0.5, 0.6) is 0 Å². The first kappa shape index (κ1) is 14.5. The summed E-state index contributed by atoms with van der Waals surface area (Å²) in [7, 11) is 0. The van der Waals surface area contributed by atoms with Gasteiger partial charge in [0.05, 0.1) is 5.41 Å². The van der Waals surface area contributed by atoms with Crippen LogP contribution in [0, 0.1) is 17.3 Å². The van der Waals surface area contributed by atoms with Crippen LogP contribution in [0.25, 0.3) is 0 Å². The molecule has 0 saturated heterocycles. The fourth-order valence-corrected chi connectivity index (χ4v) is 2.93. The molecule has 2 atom stereocenters. The summed E-state index contributed by atoms with van der Waals surface area (Å²) in [5.41, 5.74) is 5.51. The highest BCUT2D eigenvalue weighted by molar-refractivity contribution is 5.84. The van der Waals surface area contributed by atoms with Crippen LogP contribution in [0.1, 0.15) is 53.4 Å². The lowest BCUT2D eigenvalue weighted by molar-refractivity contribution is -0.138. The van der Waals surface area contributed by atoms with Crippen molar-refractivity contribution in [1.29, 1.82) is 0 Å². The Bertz CT molecular complexity index is 259. The molecule has 17 heavy (non-hydrogen) atoms. The van der Waals surface area contributed by atoms with E-state index >= 15 is 0 Å². The number of carbonyl (C=O) groups excluding carboxylic acids is 1. The predicted octanol–water partition coefficient (Wildman–Crippen LogP) is 2.30. The summed E-state index contributed by atoms with van der Waals surface area (Å²) in [6.45, 7) is 9.18. The Hall–Kier alpha value is -0.570. The highest BCUT2D eigenvalue weighted by Gasteiger charge is 2.47. The number of hydrogen-bond acceptors (Lipinski definition) is 2. The smallest absolute Gasteiger partial charge is 0.227 e. The van der Waals surface area contributed by atoms with E-state index in [0.29, 0.717) is 18.4 Å². The molecule has 0 aromatic rings. The number of amides is 1. The zero-order valence-electron chi connectivity index (χ0n) is 11.8. The van der Waals surface area contributed by atoms with Crippen LogP contribution in [0.2, 0.25) is 0 Å². The van der Waals surface area contributed by atoms with E-state index in [0.717, 1.165) is 19.3 Å². The van der Waals surface area contributed by atoms with E-state index in [9.17, 15) is 4.79 Å². The van der Waals surface area contributed by atoms with Crippen LogP contribution in [0.15, 0.2) is 0 Å². The number of hydrogen-bond donors (Lipinski definition) is 2. The van der Waals surface area contributed by atoms with Gasteiger partial charge in [-0.25, -0.2) is 0 Å². The highest BCUT2D eigenvalue weighted by Crippen LogP contribution is 2.44. The van der Waals surface area contributed by atoms with E-state index < -0.39 is 0 Å². The van der Waals surface area contributed by atoms with Crippen molar-refractivity contribution in [2.45, 2.75) is 59.4 Å². The molecule has 1 aliphatic rings. The molecule has 0 aromatic carbocycles. The van der Waals surface area contributed by atoms with Gasteiger partial charge < -0.3 is 11.1 Å². The molecule has 0 spiro atoms. The van der Waals surface area contributed by atoms with Gasteiger partial charge in [-0.3, -0.25) is 4.79 Å². The molecule has 1 fully saturated rings. The van der Waals surface area contributed by atoms with Gasteiger partial charge in [0.25, 0.3) is 0 Å². The molecule has 3 nitrogen and oxygen atoms in total. The van der Waals surface area contributed by atoms with E-state index in [-0.39, 0.29) is 17.4 Å². The second-order valence-electron chi connectivity index (χ2n) is 6.12. The lowest BCUT2D eigenvalue weighted by atomic mass is 9.62. The first-order chi connectivity index (χ1) is 7.93. The third kappa shape index (κ3) is 3.44. The SMILES string of the molecule is CCC(C)CC(C)NC(=O)C1(CN)CC(C)C1. The van der Waals surface area contributed by atoms with Gasteiger partial charge in [0, 0.05) is 12.6 Å². The number of carbonyl (C=O) groups is 1. The minimum atomic E-state index is -0.261. The van der Waals surface area contributed by atoms with Gasteiger partial charge in [-0.05, 0) is 38.0 Å². The van der Waals surface area contributed by atoms with Crippen LogP contribution >= 0.6 is 0 Å². The normalized spacial score (nSPS) is 31.5. The van der Waals surface area contributed by atoms with Gasteiger partial charge in [-0.1, -0.05) is 27.2 Å². The molecule has 1 rings (SSSR count). The minimum absolute atomic E-state index is 0.175. The average Bonchev–Trinajstić information content (AvgIpc) is 2.23. The molecular formula is C14H28N2O. The van der Waals surface area contributed by atoms with Crippen LogP contribution in [0.3, 0.4) is 0 Å². The van der Waals surface area contributed by atoms with E-state index in [1.165, 1.54) is 6.42 Å². The lowest BCUT2D eigenvalue weighted by Crippen LogP contribution is -2.55. The van der Waals surface area contributed by atoms with Gasteiger partial charge in [-0.15, -0.1) is 0 Å². The number of rotatable bonds is 6. The van der Waals surface area contributed by atoms with Crippen LogP contribution in [-0.2, 0) is 4.79 Å². The average molecular weight is 240 g/mol. The lowest BCUT2D eigenvalue weighted by Gasteiger charge is -2.44. The predicted molar refractivity (Wildman–Crippen MR) is 71.6 cm³/mol. The molecular weight excluding hydrogens is 212 g/mol. The van der Waals surface area contributed by atoms with Gasteiger partial charge in [0.15, 0.2) is 0 Å². The number of nitrogens with two attached hydrogens (primary N) is 1. The van der Waals surface area contributed by atoms with Crippen molar-refractivity contribution in [3.05, 3.63) is 0 Å². The maximum Gasteiger partial charge on any atom is 0.227 e. The number of nitrogens with one attached hydrogen (secondary N) is 1. The molecule has 2 unspecified atom stereocenters. The summed E-state index contributed by atoms with van der Waals surface area (Å²) in [6.07, 6.45) is 4.12. The Morgan fingerprint density at radius 1 is 1.47 bits per heavy atom. The van der Waals surface area contributed by atoms with Crippen molar-refractivity contribution < 1.29 is 4.79 Å². The summed E-state index contributed by atoms with van der Waals surface area (Å²) >= 11 is 0. The summed E-state index contributed by atoms with van der Waals surface area (Å²) < 4.78 is 0. The molecule has 3 heteroatoms. The first-order valence-electron chi connectivity index (χ1n) is 6.94. The van der Waals surface area contributed by atoms with Crippen molar-refractivity contribution in [1.82, 2.24) is 5.32 Å². The fourth-order valence-electron chi connectivity index (χ4n) is 2.93. The van der Waals surface area contributed by atoms with Crippen LogP contribution in [-0.4, -0.2) is 18.5 Å². The summed E-state index contributed by atoms with van der Waals surface area (Å²) in [4.78, 5) is 12.2. The molecule has 0 heterocycles. The second kappa shape index (κ2) is 5.85. The Morgan fingerprint density at radius 3 is 2.47 bits per heavy atom. The quantitative estimate of drug-likeness (QED) is 0.748. The molecule has 100 valence electrons. The van der Waals surface area contributed by atoms with Crippen molar-refractivity contribution in [2.75, 3.05) is 6.54 Å². The van der Waals surface area contributed by atoms with E-state index in [1.54, 1.807) is 0 Å². The van der Waals surface area contributed by atoms with Crippen molar-refractivity contribution >= 4 is 5.91 Å². The molecule has 0 aromatic heterocycles. The standard InChI is InChI=1S/C14H28N2O/c1-5-10(2)6-12(4)16-13(17)14(9-15)7-11(3)8-14/h10-12H,5-9,15H2,1-4H3,(H,16,17). The summed E-state index contributed by atoms with van der Waals surface area (Å²) in [5, 5.41) is 3.14. The minimum Gasteiger partial charge on any atom is -0.353 e. The van der Waals surface area contributed by atoms with Crippen LogP contribution < -0.4 is 11.1 Å². The van der Waals surface area contributed by atoms with Crippen molar-refractivity contribution in [3.8, 4) is 0 Å². The van der Waals surface area contributed by atoms with Gasteiger partial charge in [-0.2, -0.15) is 0 Å². The molecule has 3 N–H and O–H groups in total. The highest BCUT2D eigenvalue weighted by atomic mass is 16.2. The van der Waals surface area contributed by atoms with Gasteiger partial charge in [0.2, 0.25) is 5.91 Å². The fraction of sp³-hybridized carbons (Fsp3) is 0.929. The molecule has 1 amide bonds. The molecule has 1 aliphatic carbocycles.